The predicted octanol–water partition coefficient (Wildman–Crippen LogP) is -3.95. The summed E-state index contributed by atoms with van der Waals surface area (Å²) >= 11 is 0. The summed E-state index contributed by atoms with van der Waals surface area (Å²) in [7, 11) is -11.1. The molecule has 168 valence electrons. The molecule has 16 nitrogen and oxygen atoms in total. The van der Waals surface area contributed by atoms with Gasteiger partial charge in [0.2, 0.25) is 0 Å². The van der Waals surface area contributed by atoms with Gasteiger partial charge in [-0.1, -0.05) is 0 Å². The minimum Gasteiger partial charge on any atom is -0.566 e. The fraction of sp³-hybridized carbons (Fsp3) is 1.00. The SMILES string of the molecule is O=[P+]([O-])OCCO.O=[P+]([O-])OCCO.O=[P+]([O-])OCCO.O=[P+]([O-])OCCO.[Zr+4]. The largest absolute Gasteiger partial charge is 4.00 e. The summed E-state index contributed by atoms with van der Waals surface area (Å²) in [5, 5.41) is 31.7. The van der Waals surface area contributed by atoms with E-state index in [9.17, 15) is 37.8 Å². The van der Waals surface area contributed by atoms with E-state index in [1.807, 2.05) is 0 Å². The van der Waals surface area contributed by atoms with Gasteiger partial charge in [0.1, 0.15) is 26.4 Å². The van der Waals surface area contributed by atoms with Gasteiger partial charge < -0.3 is 40.0 Å². The molecule has 0 aliphatic rings. The van der Waals surface area contributed by atoms with Crippen molar-refractivity contribution in [3.8, 4) is 0 Å². The first kappa shape index (κ1) is 40.2. The first-order valence-electron chi connectivity index (χ1n) is 6.61. The Labute approximate surface area is 188 Å². The van der Waals surface area contributed by atoms with Crippen molar-refractivity contribution in [3.05, 3.63) is 0 Å². The van der Waals surface area contributed by atoms with Crippen LogP contribution in [0.15, 0.2) is 0 Å². The van der Waals surface area contributed by atoms with Crippen molar-refractivity contribution in [2.24, 2.45) is 0 Å². The van der Waals surface area contributed by atoms with Crippen LogP contribution in [0.3, 0.4) is 0 Å². The summed E-state index contributed by atoms with van der Waals surface area (Å²) in [5.41, 5.74) is 0. The van der Waals surface area contributed by atoms with Crippen molar-refractivity contribution in [3.63, 3.8) is 0 Å². The van der Waals surface area contributed by atoms with Crippen LogP contribution in [0.5, 0.6) is 0 Å². The first-order chi connectivity index (χ1) is 13.1. The molecule has 0 rings (SSSR count). The maximum atomic E-state index is 9.46. The fourth-order valence-electron chi connectivity index (χ4n) is 0.461. The van der Waals surface area contributed by atoms with Gasteiger partial charge in [0.25, 0.3) is 0 Å². The van der Waals surface area contributed by atoms with Crippen molar-refractivity contribution >= 4 is 33.0 Å². The molecule has 0 saturated carbocycles. The van der Waals surface area contributed by atoms with Gasteiger partial charge in [-0.05, 0) is 18.3 Å². The third-order valence-electron chi connectivity index (χ3n) is 1.15. The van der Waals surface area contributed by atoms with Crippen molar-refractivity contribution in [1.29, 1.82) is 0 Å². The number of rotatable bonds is 12. The summed E-state index contributed by atoms with van der Waals surface area (Å²) in [5.74, 6) is 0. The Kier molecular flexibility index (Phi) is 50.2. The Balaban J connectivity index is -0.0000000873. The molecule has 4 atom stereocenters. The van der Waals surface area contributed by atoms with E-state index in [4.69, 9.17) is 20.4 Å². The third-order valence-corrected chi connectivity index (χ3v) is 2.73. The molecular weight excluding hydrogens is 567 g/mol. The molecule has 0 aromatic carbocycles. The zero-order chi connectivity index (χ0) is 22.8. The minimum absolute atomic E-state index is 0. The smallest absolute Gasteiger partial charge is 0.566 e. The maximum Gasteiger partial charge on any atom is 4.00 e. The van der Waals surface area contributed by atoms with Crippen LogP contribution in [-0.2, 0) is 62.6 Å². The Morgan fingerprint density at radius 2 is 0.621 bits per heavy atom. The van der Waals surface area contributed by atoms with E-state index in [1.165, 1.54) is 0 Å². The molecule has 0 amide bonds. The number of aliphatic hydroxyl groups excluding tert-OH is 4. The molecule has 0 aromatic rings. The Morgan fingerprint density at radius 3 is 0.655 bits per heavy atom. The van der Waals surface area contributed by atoms with Crippen LogP contribution in [0, 0.1) is 0 Å². The average molecular weight is 587 g/mol. The summed E-state index contributed by atoms with van der Waals surface area (Å²) in [4.78, 5) is 37.8. The van der Waals surface area contributed by atoms with Crippen molar-refractivity contribution in [1.82, 2.24) is 0 Å². The number of hydrogen-bond donors (Lipinski definition) is 4. The van der Waals surface area contributed by atoms with Crippen molar-refractivity contribution < 1.29 is 103 Å². The second-order valence-corrected chi connectivity index (χ2v) is 5.94. The Morgan fingerprint density at radius 1 is 0.483 bits per heavy atom. The normalized spacial score (nSPS) is 11.0. The molecule has 0 aliphatic heterocycles. The molecule has 4 unspecified atom stereocenters. The van der Waals surface area contributed by atoms with E-state index in [2.05, 4.69) is 18.1 Å². The molecule has 21 heteroatoms. The molecule has 29 heavy (non-hydrogen) atoms. The van der Waals surface area contributed by atoms with Crippen LogP contribution in [0.1, 0.15) is 0 Å². The van der Waals surface area contributed by atoms with Crippen LogP contribution < -0.4 is 19.6 Å². The summed E-state index contributed by atoms with van der Waals surface area (Å²) in [6.45, 7) is -1.60. The van der Waals surface area contributed by atoms with E-state index in [0.29, 0.717) is 0 Å². The van der Waals surface area contributed by atoms with Crippen LogP contribution in [0.25, 0.3) is 0 Å². The van der Waals surface area contributed by atoms with E-state index >= 15 is 0 Å². The van der Waals surface area contributed by atoms with Crippen LogP contribution in [-0.4, -0.2) is 73.3 Å². The van der Waals surface area contributed by atoms with E-state index in [-0.39, 0.29) is 79.1 Å². The maximum absolute atomic E-state index is 9.46. The summed E-state index contributed by atoms with van der Waals surface area (Å²) in [6, 6.07) is 0. The Hall–Kier alpha value is 0.803. The molecule has 0 aliphatic carbocycles. The topological polar surface area (TPSA) is 278 Å². The van der Waals surface area contributed by atoms with Gasteiger partial charge in [-0.25, -0.2) is 0 Å². The molecule has 0 spiro atoms. The molecule has 0 fully saturated rings. The second kappa shape index (κ2) is 36.2. The zero-order valence-corrected chi connectivity index (χ0v) is 20.7. The Bertz CT molecular complexity index is 329. The van der Waals surface area contributed by atoms with E-state index < -0.39 is 33.0 Å². The summed E-state index contributed by atoms with van der Waals surface area (Å²) in [6.07, 6.45) is 0. The minimum atomic E-state index is -2.77. The van der Waals surface area contributed by atoms with Crippen molar-refractivity contribution in [2.45, 2.75) is 0 Å². The van der Waals surface area contributed by atoms with Gasteiger partial charge in [0, 0.05) is 0 Å². The molecule has 0 radical (unpaired) electrons. The average Bonchev–Trinajstić information content (AvgIpc) is 2.62. The monoisotopic (exact) mass is 586 g/mol. The second-order valence-electron chi connectivity index (χ2n) is 3.12. The molecule has 0 heterocycles. The zero-order valence-electron chi connectivity index (χ0n) is 14.6. The quantitative estimate of drug-likeness (QED) is 0.159. The van der Waals surface area contributed by atoms with Crippen LogP contribution in [0.2, 0.25) is 0 Å². The van der Waals surface area contributed by atoms with Crippen LogP contribution >= 0.6 is 33.0 Å². The third kappa shape index (κ3) is 73.3. The van der Waals surface area contributed by atoms with Crippen LogP contribution in [0.4, 0.5) is 0 Å². The standard InChI is InChI=1S/4C2H5O4P.Zr/c4*3-1-2-6-7(4)5;/h4*3H,1-2H2;/q;;;;+4. The molecule has 4 N–H and O–H groups in total. The summed E-state index contributed by atoms with van der Waals surface area (Å²) < 4.78 is 53.4. The molecule has 0 saturated heterocycles. The van der Waals surface area contributed by atoms with Gasteiger partial charge in [-0.3, -0.25) is 0 Å². The molecular formula is C8H20O16P4Zr+4. The number of aliphatic hydroxyl groups is 4. The van der Waals surface area contributed by atoms with E-state index in [1.54, 1.807) is 0 Å². The van der Waals surface area contributed by atoms with Gasteiger partial charge in [0.15, 0.2) is 0 Å². The van der Waals surface area contributed by atoms with E-state index in [0.717, 1.165) is 0 Å². The van der Waals surface area contributed by atoms with Crippen molar-refractivity contribution in [2.75, 3.05) is 52.9 Å². The first-order valence-corrected chi connectivity index (χ1v) is 11.0. The van der Waals surface area contributed by atoms with Gasteiger partial charge >= 0.3 is 59.2 Å². The number of hydrogen-bond acceptors (Lipinski definition) is 16. The van der Waals surface area contributed by atoms with Gasteiger partial charge in [0.05, 0.1) is 26.4 Å². The molecule has 0 bridgehead atoms. The fourth-order valence-corrected chi connectivity index (χ4v) is 1.38. The molecule has 0 aromatic heterocycles. The van der Waals surface area contributed by atoms with Gasteiger partial charge in [-0.2, -0.15) is 0 Å². The predicted molar refractivity (Wildman–Crippen MR) is 82.6 cm³/mol. The van der Waals surface area contributed by atoms with Gasteiger partial charge in [-0.15, -0.1) is 18.1 Å².